The number of thiophene rings is 1. The van der Waals surface area contributed by atoms with Crippen molar-refractivity contribution in [3.8, 4) is 0 Å². The molecular formula is C17H17ClN2O2S. The van der Waals surface area contributed by atoms with Crippen molar-refractivity contribution in [2.75, 3.05) is 26.2 Å². The summed E-state index contributed by atoms with van der Waals surface area (Å²) in [6, 6.07) is 11.4. The van der Waals surface area contributed by atoms with Gasteiger partial charge in [-0.2, -0.15) is 0 Å². The average Bonchev–Trinajstić information content (AvgIpc) is 3.02. The molecule has 2 heterocycles. The highest BCUT2D eigenvalue weighted by molar-refractivity contribution is 7.12. The van der Waals surface area contributed by atoms with Gasteiger partial charge in [0.25, 0.3) is 5.91 Å². The zero-order valence-corrected chi connectivity index (χ0v) is 14.1. The van der Waals surface area contributed by atoms with Gasteiger partial charge in [-0.05, 0) is 11.6 Å². The minimum Gasteiger partial charge on any atom is -0.339 e. The molecule has 23 heavy (non-hydrogen) atoms. The molecule has 1 aliphatic heterocycles. The van der Waals surface area contributed by atoms with Crippen molar-refractivity contribution >= 4 is 34.8 Å². The third-order valence-electron chi connectivity index (χ3n) is 3.90. The number of benzene rings is 1. The molecule has 1 aromatic carbocycles. The molecule has 1 saturated heterocycles. The SMILES string of the molecule is O=C(Cc1ccccc1)N1CCN(C(=O)c2cc(Cl)cs2)CC1. The summed E-state index contributed by atoms with van der Waals surface area (Å²) in [6.07, 6.45) is 0.412. The fourth-order valence-electron chi connectivity index (χ4n) is 2.62. The fourth-order valence-corrected chi connectivity index (χ4v) is 3.66. The monoisotopic (exact) mass is 348 g/mol. The van der Waals surface area contributed by atoms with Crippen LogP contribution in [-0.2, 0) is 11.2 Å². The fraction of sp³-hybridized carbons (Fsp3) is 0.294. The molecule has 0 saturated carbocycles. The van der Waals surface area contributed by atoms with Gasteiger partial charge in [-0.25, -0.2) is 0 Å². The van der Waals surface area contributed by atoms with E-state index in [2.05, 4.69) is 0 Å². The molecule has 0 radical (unpaired) electrons. The van der Waals surface area contributed by atoms with Gasteiger partial charge in [0.2, 0.25) is 5.91 Å². The Balaban J connectivity index is 1.54. The van der Waals surface area contributed by atoms with Crippen LogP contribution in [0.15, 0.2) is 41.8 Å². The molecule has 4 nitrogen and oxygen atoms in total. The van der Waals surface area contributed by atoms with E-state index in [1.165, 1.54) is 11.3 Å². The van der Waals surface area contributed by atoms with E-state index < -0.39 is 0 Å². The molecule has 1 aromatic heterocycles. The average molecular weight is 349 g/mol. The lowest BCUT2D eigenvalue weighted by Crippen LogP contribution is -2.50. The minimum atomic E-state index is -0.00272. The smallest absolute Gasteiger partial charge is 0.264 e. The lowest BCUT2D eigenvalue weighted by atomic mass is 10.1. The molecule has 0 atom stereocenters. The normalized spacial score (nSPS) is 14.8. The largest absolute Gasteiger partial charge is 0.339 e. The highest BCUT2D eigenvalue weighted by Gasteiger charge is 2.25. The number of rotatable bonds is 3. The van der Waals surface area contributed by atoms with Crippen LogP contribution in [0, 0.1) is 0 Å². The van der Waals surface area contributed by atoms with Crippen molar-refractivity contribution in [2.24, 2.45) is 0 Å². The molecule has 2 amide bonds. The Bertz CT molecular complexity index is 694. The third-order valence-corrected chi connectivity index (χ3v) is 5.16. The van der Waals surface area contributed by atoms with Gasteiger partial charge in [-0.15, -0.1) is 11.3 Å². The van der Waals surface area contributed by atoms with Crippen molar-refractivity contribution in [1.82, 2.24) is 9.80 Å². The summed E-state index contributed by atoms with van der Waals surface area (Å²) < 4.78 is 0. The second-order valence-corrected chi connectivity index (χ2v) is 6.81. The van der Waals surface area contributed by atoms with Gasteiger partial charge in [0.1, 0.15) is 0 Å². The second-order valence-electron chi connectivity index (χ2n) is 5.46. The molecule has 120 valence electrons. The van der Waals surface area contributed by atoms with Crippen LogP contribution < -0.4 is 0 Å². The molecule has 0 unspecified atom stereocenters. The van der Waals surface area contributed by atoms with E-state index >= 15 is 0 Å². The number of carbonyl (C=O) groups is 2. The van der Waals surface area contributed by atoms with E-state index in [4.69, 9.17) is 11.6 Å². The van der Waals surface area contributed by atoms with E-state index in [0.717, 1.165) is 5.56 Å². The maximum Gasteiger partial charge on any atom is 0.264 e. The number of piperazine rings is 1. The van der Waals surface area contributed by atoms with E-state index in [1.54, 1.807) is 16.3 Å². The van der Waals surface area contributed by atoms with Gasteiger partial charge in [0.15, 0.2) is 0 Å². The topological polar surface area (TPSA) is 40.6 Å². The zero-order chi connectivity index (χ0) is 16.2. The predicted molar refractivity (Wildman–Crippen MR) is 92.0 cm³/mol. The first kappa shape index (κ1) is 16.0. The molecule has 0 aliphatic carbocycles. The van der Waals surface area contributed by atoms with Crippen LogP contribution in [0.1, 0.15) is 15.2 Å². The first-order valence-corrected chi connectivity index (χ1v) is 8.74. The standard InChI is InChI=1S/C17H17ClN2O2S/c18-14-11-15(23-12-14)17(22)20-8-6-19(7-9-20)16(21)10-13-4-2-1-3-5-13/h1-5,11-12H,6-10H2. The van der Waals surface area contributed by atoms with Crippen LogP contribution in [0.2, 0.25) is 5.02 Å². The number of hydrogen-bond acceptors (Lipinski definition) is 3. The first-order valence-electron chi connectivity index (χ1n) is 7.48. The number of carbonyl (C=O) groups excluding carboxylic acids is 2. The van der Waals surface area contributed by atoms with Crippen molar-refractivity contribution in [2.45, 2.75) is 6.42 Å². The number of nitrogens with zero attached hydrogens (tertiary/aromatic N) is 2. The quantitative estimate of drug-likeness (QED) is 0.855. The van der Waals surface area contributed by atoms with Crippen molar-refractivity contribution in [3.63, 3.8) is 0 Å². The summed E-state index contributed by atoms with van der Waals surface area (Å²) in [7, 11) is 0. The Kier molecular flexibility index (Phi) is 4.98. The van der Waals surface area contributed by atoms with Gasteiger partial charge in [-0.1, -0.05) is 41.9 Å². The molecule has 6 heteroatoms. The third kappa shape index (κ3) is 3.92. The maximum atomic E-state index is 12.4. The zero-order valence-electron chi connectivity index (χ0n) is 12.6. The summed E-state index contributed by atoms with van der Waals surface area (Å²) in [6.45, 7) is 2.29. The van der Waals surface area contributed by atoms with Crippen molar-refractivity contribution in [1.29, 1.82) is 0 Å². The Morgan fingerprint density at radius 1 is 1.04 bits per heavy atom. The second kappa shape index (κ2) is 7.15. The molecule has 0 bridgehead atoms. The van der Waals surface area contributed by atoms with E-state index in [-0.39, 0.29) is 11.8 Å². The summed E-state index contributed by atoms with van der Waals surface area (Å²) in [5.74, 6) is 0.111. The van der Waals surface area contributed by atoms with Crippen LogP contribution in [0.3, 0.4) is 0 Å². The molecular weight excluding hydrogens is 332 g/mol. The molecule has 0 N–H and O–H groups in total. The molecule has 1 aliphatic rings. The summed E-state index contributed by atoms with van der Waals surface area (Å²) >= 11 is 7.23. The molecule has 0 spiro atoms. The highest BCUT2D eigenvalue weighted by atomic mass is 35.5. The summed E-state index contributed by atoms with van der Waals surface area (Å²) in [5.41, 5.74) is 1.02. The Hall–Kier alpha value is -1.85. The lowest BCUT2D eigenvalue weighted by Gasteiger charge is -2.34. The highest BCUT2D eigenvalue weighted by Crippen LogP contribution is 2.21. The van der Waals surface area contributed by atoms with Crippen molar-refractivity contribution < 1.29 is 9.59 Å². The molecule has 2 aromatic rings. The molecule has 3 rings (SSSR count). The van der Waals surface area contributed by atoms with Gasteiger partial charge in [0, 0.05) is 31.6 Å². The first-order chi connectivity index (χ1) is 11.1. The van der Waals surface area contributed by atoms with Crippen LogP contribution in [0.5, 0.6) is 0 Å². The number of halogens is 1. The Morgan fingerprint density at radius 2 is 1.70 bits per heavy atom. The van der Waals surface area contributed by atoms with Crippen molar-refractivity contribution in [3.05, 3.63) is 57.2 Å². The van der Waals surface area contributed by atoms with E-state index in [0.29, 0.717) is 42.5 Å². The van der Waals surface area contributed by atoms with Crippen LogP contribution in [-0.4, -0.2) is 47.8 Å². The van der Waals surface area contributed by atoms with Gasteiger partial charge in [0.05, 0.1) is 16.3 Å². The maximum absolute atomic E-state index is 12.4. The predicted octanol–water partition coefficient (Wildman–Crippen LogP) is 2.93. The Labute approximate surface area is 144 Å². The van der Waals surface area contributed by atoms with E-state index in [1.807, 2.05) is 35.2 Å². The van der Waals surface area contributed by atoms with Gasteiger partial charge < -0.3 is 9.80 Å². The summed E-state index contributed by atoms with van der Waals surface area (Å²) in [4.78, 5) is 28.9. The van der Waals surface area contributed by atoms with E-state index in [9.17, 15) is 9.59 Å². The molecule has 1 fully saturated rings. The van der Waals surface area contributed by atoms with Gasteiger partial charge >= 0.3 is 0 Å². The lowest BCUT2D eigenvalue weighted by molar-refractivity contribution is -0.131. The minimum absolute atomic E-state index is 0.00272. The van der Waals surface area contributed by atoms with Gasteiger partial charge in [-0.3, -0.25) is 9.59 Å². The van der Waals surface area contributed by atoms with Crippen LogP contribution in [0.4, 0.5) is 0 Å². The Morgan fingerprint density at radius 3 is 2.30 bits per heavy atom. The van der Waals surface area contributed by atoms with Crippen LogP contribution >= 0.6 is 22.9 Å². The number of amides is 2. The van der Waals surface area contributed by atoms with Crippen LogP contribution in [0.25, 0.3) is 0 Å². The summed E-state index contributed by atoms with van der Waals surface area (Å²) in [5, 5.41) is 2.35. The number of hydrogen-bond donors (Lipinski definition) is 0.